The van der Waals surface area contributed by atoms with Crippen LogP contribution in [0.1, 0.15) is 57.3 Å². The molecule has 1 N–H and O–H groups in total. The molecule has 0 aliphatic carbocycles. The Morgan fingerprint density at radius 1 is 1.00 bits per heavy atom. The van der Waals surface area contributed by atoms with Gasteiger partial charge in [0.15, 0.2) is 5.43 Å². The molecule has 1 heterocycles. The number of rotatable bonds is 6. The number of pyridine rings is 1. The van der Waals surface area contributed by atoms with Crippen molar-refractivity contribution in [3.63, 3.8) is 0 Å². The lowest BCUT2D eigenvalue weighted by atomic mass is 10.0. The summed E-state index contributed by atoms with van der Waals surface area (Å²) >= 11 is 0. The van der Waals surface area contributed by atoms with Crippen LogP contribution in [0, 0.1) is 27.7 Å². The molecule has 156 valence electrons. The lowest BCUT2D eigenvalue weighted by Gasteiger charge is -2.20. The van der Waals surface area contributed by atoms with Crippen molar-refractivity contribution < 1.29 is 4.79 Å². The van der Waals surface area contributed by atoms with E-state index in [-0.39, 0.29) is 16.9 Å². The quantitative estimate of drug-likeness (QED) is 0.605. The lowest BCUT2D eigenvalue weighted by Crippen LogP contribution is -2.29. The number of carbonyl (C=O) groups excluding carboxylic acids is 1. The minimum atomic E-state index is -0.338. The van der Waals surface area contributed by atoms with E-state index in [9.17, 15) is 9.59 Å². The fraction of sp³-hybridized carbons (Fsp3) is 0.308. The maximum absolute atomic E-state index is 13.2. The first-order valence-corrected chi connectivity index (χ1v) is 10.5. The van der Waals surface area contributed by atoms with Crippen molar-refractivity contribution in [1.82, 2.24) is 4.57 Å². The van der Waals surface area contributed by atoms with Crippen molar-refractivity contribution in [2.24, 2.45) is 0 Å². The molecule has 0 bridgehead atoms. The Balaban J connectivity index is 2.06. The molecule has 4 heteroatoms. The highest BCUT2D eigenvalue weighted by atomic mass is 16.2. The number of benzene rings is 2. The van der Waals surface area contributed by atoms with Gasteiger partial charge in [-0.2, -0.15) is 0 Å². The zero-order chi connectivity index (χ0) is 21.8. The largest absolute Gasteiger partial charge is 0.343 e. The number of nitrogens with zero attached hydrogens (tertiary/aromatic N) is 1. The van der Waals surface area contributed by atoms with Crippen molar-refractivity contribution >= 4 is 11.6 Å². The van der Waals surface area contributed by atoms with Gasteiger partial charge in [0.05, 0.1) is 0 Å². The van der Waals surface area contributed by atoms with Gasteiger partial charge in [-0.25, -0.2) is 0 Å². The molecule has 3 aromatic rings. The van der Waals surface area contributed by atoms with Crippen LogP contribution < -0.4 is 10.7 Å². The number of aryl methyl sites for hydroxylation is 3. The van der Waals surface area contributed by atoms with Crippen molar-refractivity contribution in [2.75, 3.05) is 5.32 Å². The van der Waals surface area contributed by atoms with Crippen LogP contribution in [0.5, 0.6) is 0 Å². The second-order valence-electron chi connectivity index (χ2n) is 8.00. The van der Waals surface area contributed by atoms with Crippen LogP contribution in [0.25, 0.3) is 0 Å². The predicted octanol–water partition coefficient (Wildman–Crippen LogP) is 5.34. The minimum Gasteiger partial charge on any atom is -0.343 e. The van der Waals surface area contributed by atoms with Crippen LogP contribution in [-0.2, 0) is 13.0 Å². The molecule has 2 aromatic carbocycles. The number of hydrogen-bond acceptors (Lipinski definition) is 2. The van der Waals surface area contributed by atoms with Crippen LogP contribution in [0.15, 0.2) is 53.3 Å². The highest BCUT2D eigenvalue weighted by Gasteiger charge is 2.20. The summed E-state index contributed by atoms with van der Waals surface area (Å²) in [5.41, 5.74) is 6.89. The molecule has 0 radical (unpaired) electrons. The fourth-order valence-electron chi connectivity index (χ4n) is 3.74. The van der Waals surface area contributed by atoms with Crippen molar-refractivity contribution in [2.45, 2.75) is 54.0 Å². The highest BCUT2D eigenvalue weighted by Crippen LogP contribution is 2.20. The summed E-state index contributed by atoms with van der Waals surface area (Å²) < 4.78 is 2.10. The highest BCUT2D eigenvalue weighted by molar-refractivity contribution is 6.05. The fourth-order valence-corrected chi connectivity index (χ4v) is 3.74. The molecule has 0 saturated heterocycles. The van der Waals surface area contributed by atoms with Gasteiger partial charge in [-0.15, -0.1) is 0 Å². The summed E-state index contributed by atoms with van der Waals surface area (Å²) in [4.78, 5) is 26.1. The van der Waals surface area contributed by atoms with Crippen LogP contribution in [-0.4, -0.2) is 10.5 Å². The van der Waals surface area contributed by atoms with Crippen LogP contribution in [0.3, 0.4) is 0 Å². The van der Waals surface area contributed by atoms with Gasteiger partial charge in [-0.1, -0.05) is 55.3 Å². The molecular formula is C26H30N2O2. The number of hydrogen-bond donors (Lipinski definition) is 1. The Morgan fingerprint density at radius 2 is 1.70 bits per heavy atom. The average molecular weight is 403 g/mol. The van der Waals surface area contributed by atoms with E-state index in [1.807, 2.05) is 39.0 Å². The van der Waals surface area contributed by atoms with Gasteiger partial charge in [0.1, 0.15) is 5.56 Å². The number of nitrogens with one attached hydrogen (secondary N) is 1. The Bertz CT molecular complexity index is 1130. The molecule has 0 fully saturated rings. The van der Waals surface area contributed by atoms with E-state index < -0.39 is 0 Å². The van der Waals surface area contributed by atoms with Crippen molar-refractivity contribution in [3.8, 4) is 0 Å². The molecule has 1 amide bonds. The molecule has 30 heavy (non-hydrogen) atoms. The van der Waals surface area contributed by atoms with Crippen molar-refractivity contribution in [1.29, 1.82) is 0 Å². The van der Waals surface area contributed by atoms with Gasteiger partial charge < -0.3 is 9.88 Å². The second kappa shape index (κ2) is 9.12. The normalized spacial score (nSPS) is 10.8. The lowest BCUT2D eigenvalue weighted by molar-refractivity contribution is 0.102. The smallest absolute Gasteiger partial charge is 0.261 e. The summed E-state index contributed by atoms with van der Waals surface area (Å²) in [6.07, 6.45) is 1.51. The number of anilines is 1. The van der Waals surface area contributed by atoms with Gasteiger partial charge in [0, 0.05) is 29.7 Å². The van der Waals surface area contributed by atoms with Gasteiger partial charge >= 0.3 is 0 Å². The molecule has 0 saturated carbocycles. The van der Waals surface area contributed by atoms with E-state index in [1.54, 1.807) is 6.07 Å². The second-order valence-corrected chi connectivity index (χ2v) is 8.00. The monoisotopic (exact) mass is 402 g/mol. The Kier molecular flexibility index (Phi) is 6.56. The Labute approximate surface area is 178 Å². The summed E-state index contributed by atoms with van der Waals surface area (Å²) in [6.45, 7) is 10.7. The molecule has 4 nitrogen and oxygen atoms in total. The molecule has 3 rings (SSSR count). The third kappa shape index (κ3) is 4.54. The van der Waals surface area contributed by atoms with E-state index in [4.69, 9.17) is 0 Å². The van der Waals surface area contributed by atoms with Gasteiger partial charge in [0.25, 0.3) is 5.91 Å². The standard InChI is InChI=1S/C26H30N2O2/c1-6-8-23-25(26(30)27-22-10-7-9-18(3)20(22)5)24(29)15-19(4)28(23)16-21-13-11-17(2)12-14-21/h7,9-15H,6,8,16H2,1-5H3,(H,27,30). The van der Waals surface area contributed by atoms with E-state index >= 15 is 0 Å². The maximum atomic E-state index is 13.2. The molecule has 1 aromatic heterocycles. The van der Waals surface area contributed by atoms with Crippen LogP contribution >= 0.6 is 0 Å². The Morgan fingerprint density at radius 3 is 2.37 bits per heavy atom. The number of amides is 1. The van der Waals surface area contributed by atoms with E-state index in [0.29, 0.717) is 13.0 Å². The van der Waals surface area contributed by atoms with Crippen molar-refractivity contribution in [3.05, 3.63) is 98.0 Å². The van der Waals surface area contributed by atoms with Gasteiger partial charge in [0.2, 0.25) is 0 Å². The maximum Gasteiger partial charge on any atom is 0.261 e. The zero-order valence-corrected chi connectivity index (χ0v) is 18.5. The molecular weight excluding hydrogens is 372 g/mol. The minimum absolute atomic E-state index is 0.223. The zero-order valence-electron chi connectivity index (χ0n) is 18.5. The van der Waals surface area contributed by atoms with Crippen LogP contribution in [0.2, 0.25) is 0 Å². The Hall–Kier alpha value is -3.14. The SMILES string of the molecule is CCCc1c(C(=O)Nc2cccc(C)c2C)c(=O)cc(C)n1Cc1ccc(C)cc1. The third-order valence-corrected chi connectivity index (χ3v) is 5.65. The predicted molar refractivity (Wildman–Crippen MR) is 124 cm³/mol. The number of carbonyl (C=O) groups is 1. The number of aromatic nitrogens is 1. The molecule has 0 unspecified atom stereocenters. The summed E-state index contributed by atoms with van der Waals surface area (Å²) in [5.74, 6) is -0.338. The van der Waals surface area contributed by atoms with Gasteiger partial charge in [-0.3, -0.25) is 9.59 Å². The van der Waals surface area contributed by atoms with E-state index in [2.05, 4.69) is 48.0 Å². The molecule has 0 atom stereocenters. The average Bonchev–Trinajstić information content (AvgIpc) is 2.70. The molecule has 0 aliphatic heterocycles. The first-order chi connectivity index (χ1) is 14.3. The summed E-state index contributed by atoms with van der Waals surface area (Å²) in [7, 11) is 0. The first kappa shape index (κ1) is 21.6. The topological polar surface area (TPSA) is 51.1 Å². The van der Waals surface area contributed by atoms with Crippen LogP contribution in [0.4, 0.5) is 5.69 Å². The first-order valence-electron chi connectivity index (χ1n) is 10.5. The summed E-state index contributed by atoms with van der Waals surface area (Å²) in [5, 5.41) is 2.97. The van der Waals surface area contributed by atoms with E-state index in [1.165, 1.54) is 5.56 Å². The van der Waals surface area contributed by atoms with Gasteiger partial charge in [-0.05, 0) is 56.9 Å². The third-order valence-electron chi connectivity index (χ3n) is 5.65. The summed E-state index contributed by atoms with van der Waals surface area (Å²) in [6, 6.07) is 15.7. The molecule has 0 aliphatic rings. The van der Waals surface area contributed by atoms with E-state index in [0.717, 1.165) is 40.2 Å². The molecule has 0 spiro atoms.